The number of hydrogen-bond acceptors (Lipinski definition) is 6. The number of nitrogens with zero attached hydrogens (tertiary/aromatic N) is 5. The average Bonchev–Trinajstić information content (AvgIpc) is 3.49. The van der Waals surface area contributed by atoms with Gasteiger partial charge in [0.05, 0.1) is 17.6 Å². The lowest BCUT2D eigenvalue weighted by Crippen LogP contribution is -2.23. The number of imidazole rings is 1. The van der Waals surface area contributed by atoms with Crippen molar-refractivity contribution in [3.63, 3.8) is 0 Å². The zero-order chi connectivity index (χ0) is 22.9. The minimum Gasteiger partial charge on any atom is -0.381 e. The molecule has 4 heterocycles. The summed E-state index contributed by atoms with van der Waals surface area (Å²) in [7, 11) is 0. The van der Waals surface area contributed by atoms with Crippen molar-refractivity contribution >= 4 is 12.0 Å². The van der Waals surface area contributed by atoms with Crippen molar-refractivity contribution in [2.75, 3.05) is 18.5 Å². The maximum Gasteiger partial charge on any atom is 0.435 e. The molecular formula is C20H20F4N6O2. The quantitative estimate of drug-likeness (QED) is 0.435. The van der Waals surface area contributed by atoms with E-state index in [-0.39, 0.29) is 29.8 Å². The van der Waals surface area contributed by atoms with Crippen LogP contribution in [-0.2, 0) is 15.7 Å². The zero-order valence-corrected chi connectivity index (χ0v) is 17.0. The Kier molecular flexibility index (Phi) is 5.96. The van der Waals surface area contributed by atoms with Crippen molar-refractivity contribution in [2.45, 2.75) is 38.1 Å². The Balaban J connectivity index is 1.45. The fraction of sp³-hybridized carbons (Fsp3) is 0.400. The number of aryl methyl sites for hydroxylation is 1. The zero-order valence-electron chi connectivity index (χ0n) is 17.0. The van der Waals surface area contributed by atoms with Gasteiger partial charge in [-0.1, -0.05) is 0 Å². The summed E-state index contributed by atoms with van der Waals surface area (Å²) >= 11 is 0. The lowest BCUT2D eigenvalue weighted by molar-refractivity contribution is -0.141. The SMILES string of the molecule is Cc1cc(C(F)(F)F)nn1C(C=O)CNc1cnc(-n2cnc(C3CCCO3)c2)c(F)c1. The first-order valence-electron chi connectivity index (χ1n) is 9.90. The summed E-state index contributed by atoms with van der Waals surface area (Å²) in [4.78, 5) is 19.8. The van der Waals surface area contributed by atoms with Crippen molar-refractivity contribution in [1.29, 1.82) is 0 Å². The number of aromatic nitrogens is 5. The first-order chi connectivity index (χ1) is 15.3. The molecule has 0 amide bonds. The van der Waals surface area contributed by atoms with E-state index in [2.05, 4.69) is 20.4 Å². The number of hydrogen-bond donors (Lipinski definition) is 1. The summed E-state index contributed by atoms with van der Waals surface area (Å²) in [5, 5.41) is 6.30. The van der Waals surface area contributed by atoms with Crippen molar-refractivity contribution < 1.29 is 27.1 Å². The third-order valence-corrected chi connectivity index (χ3v) is 5.13. The molecule has 0 bridgehead atoms. The van der Waals surface area contributed by atoms with Gasteiger partial charge in [0.1, 0.15) is 24.8 Å². The minimum atomic E-state index is -4.61. The predicted molar refractivity (Wildman–Crippen MR) is 105 cm³/mol. The molecule has 4 rings (SSSR count). The highest BCUT2D eigenvalue weighted by atomic mass is 19.4. The summed E-state index contributed by atoms with van der Waals surface area (Å²) in [6.07, 6.45) is 2.04. The second kappa shape index (κ2) is 8.69. The van der Waals surface area contributed by atoms with Gasteiger partial charge in [0.15, 0.2) is 17.3 Å². The van der Waals surface area contributed by atoms with Crippen LogP contribution in [0.25, 0.3) is 5.82 Å². The molecule has 3 aromatic heterocycles. The summed E-state index contributed by atoms with van der Waals surface area (Å²) in [6.45, 7) is 1.99. The van der Waals surface area contributed by atoms with E-state index in [1.807, 2.05) is 0 Å². The average molecular weight is 452 g/mol. The van der Waals surface area contributed by atoms with Crippen molar-refractivity contribution in [2.24, 2.45) is 0 Å². The van der Waals surface area contributed by atoms with E-state index < -0.39 is 23.7 Å². The van der Waals surface area contributed by atoms with Crippen LogP contribution in [0.5, 0.6) is 0 Å². The van der Waals surface area contributed by atoms with E-state index in [4.69, 9.17) is 4.74 Å². The maximum absolute atomic E-state index is 14.7. The van der Waals surface area contributed by atoms with Gasteiger partial charge < -0.3 is 14.8 Å². The molecule has 0 radical (unpaired) electrons. The highest BCUT2D eigenvalue weighted by molar-refractivity contribution is 5.58. The van der Waals surface area contributed by atoms with E-state index in [0.29, 0.717) is 18.6 Å². The molecule has 32 heavy (non-hydrogen) atoms. The fourth-order valence-electron chi connectivity index (χ4n) is 3.53. The number of halogens is 4. The Labute approximate surface area is 180 Å². The third-order valence-electron chi connectivity index (χ3n) is 5.13. The Morgan fingerprint density at radius 1 is 1.34 bits per heavy atom. The monoisotopic (exact) mass is 452 g/mol. The molecule has 0 spiro atoms. The molecule has 1 N–H and O–H groups in total. The van der Waals surface area contributed by atoms with Gasteiger partial charge in [-0.05, 0) is 25.8 Å². The van der Waals surface area contributed by atoms with Crippen LogP contribution < -0.4 is 5.32 Å². The number of carbonyl (C=O) groups excluding carboxylic acids is 1. The van der Waals surface area contributed by atoms with Crippen molar-refractivity contribution in [3.8, 4) is 5.82 Å². The molecule has 1 saturated heterocycles. The lowest BCUT2D eigenvalue weighted by atomic mass is 10.2. The van der Waals surface area contributed by atoms with Gasteiger partial charge in [0.25, 0.3) is 0 Å². The van der Waals surface area contributed by atoms with Crippen LogP contribution in [-0.4, -0.2) is 43.8 Å². The molecule has 8 nitrogen and oxygen atoms in total. The van der Waals surface area contributed by atoms with Crippen LogP contribution in [0, 0.1) is 12.7 Å². The number of carbonyl (C=O) groups is 1. The second-order valence-corrected chi connectivity index (χ2v) is 7.43. The number of pyridine rings is 1. The number of aldehydes is 1. The van der Waals surface area contributed by atoms with Crippen molar-refractivity contribution in [1.82, 2.24) is 24.3 Å². The molecule has 1 aliphatic rings. The Morgan fingerprint density at radius 2 is 2.16 bits per heavy atom. The fourth-order valence-corrected chi connectivity index (χ4v) is 3.53. The minimum absolute atomic E-state index is 0.0389. The number of anilines is 1. The molecule has 170 valence electrons. The molecule has 0 aromatic carbocycles. The summed E-state index contributed by atoms with van der Waals surface area (Å²) < 4.78 is 61.3. The number of ether oxygens (including phenoxy) is 1. The molecular weight excluding hydrogens is 432 g/mol. The first kappa shape index (κ1) is 21.9. The van der Waals surface area contributed by atoms with Crippen LogP contribution in [0.1, 0.15) is 42.1 Å². The van der Waals surface area contributed by atoms with Crippen LogP contribution in [0.4, 0.5) is 23.2 Å². The van der Waals surface area contributed by atoms with Crippen LogP contribution in [0.3, 0.4) is 0 Å². The summed E-state index contributed by atoms with van der Waals surface area (Å²) in [5.41, 5.74) is 0.0608. The molecule has 12 heteroatoms. The first-order valence-corrected chi connectivity index (χ1v) is 9.90. The Bertz CT molecular complexity index is 1100. The molecule has 3 aromatic rings. The van der Waals surface area contributed by atoms with E-state index in [0.717, 1.165) is 23.6 Å². The normalized spacial score (nSPS) is 17.5. The van der Waals surface area contributed by atoms with Crippen LogP contribution >= 0.6 is 0 Å². The summed E-state index contributed by atoms with van der Waals surface area (Å²) in [5.74, 6) is -0.597. The predicted octanol–water partition coefficient (Wildman–Crippen LogP) is 3.63. The lowest BCUT2D eigenvalue weighted by Gasteiger charge is -2.15. The summed E-state index contributed by atoms with van der Waals surface area (Å²) in [6, 6.07) is 1.03. The molecule has 0 aliphatic carbocycles. The highest BCUT2D eigenvalue weighted by Crippen LogP contribution is 2.30. The Hall–Kier alpha value is -3.28. The largest absolute Gasteiger partial charge is 0.435 e. The van der Waals surface area contributed by atoms with E-state index in [1.165, 1.54) is 30.1 Å². The van der Waals surface area contributed by atoms with Crippen LogP contribution in [0.15, 0.2) is 30.9 Å². The standard InChI is InChI=1S/C20H20F4N6O2/c1-12-5-18(20(22,23)24)28-30(12)14(10-31)8-25-13-6-15(21)19(26-7-13)29-9-16(27-11-29)17-3-2-4-32-17/h5-7,9-11,14,17,25H,2-4,8H2,1H3. The number of rotatable bonds is 7. The van der Waals surface area contributed by atoms with E-state index >= 15 is 0 Å². The molecule has 2 atom stereocenters. The van der Waals surface area contributed by atoms with E-state index in [1.54, 1.807) is 6.20 Å². The third kappa shape index (κ3) is 4.49. The van der Waals surface area contributed by atoms with Crippen molar-refractivity contribution in [3.05, 3.63) is 53.8 Å². The molecule has 1 aliphatic heterocycles. The topological polar surface area (TPSA) is 86.9 Å². The molecule has 2 unspecified atom stereocenters. The molecule has 0 saturated carbocycles. The maximum atomic E-state index is 14.7. The van der Waals surface area contributed by atoms with Gasteiger partial charge in [0.2, 0.25) is 0 Å². The van der Waals surface area contributed by atoms with Gasteiger partial charge in [-0.2, -0.15) is 18.3 Å². The van der Waals surface area contributed by atoms with E-state index in [9.17, 15) is 22.4 Å². The van der Waals surface area contributed by atoms with Crippen LogP contribution in [0.2, 0.25) is 0 Å². The van der Waals surface area contributed by atoms with Gasteiger partial charge in [-0.3, -0.25) is 9.25 Å². The van der Waals surface area contributed by atoms with Gasteiger partial charge in [-0.25, -0.2) is 14.4 Å². The van der Waals surface area contributed by atoms with Gasteiger partial charge >= 0.3 is 6.18 Å². The van der Waals surface area contributed by atoms with Gasteiger partial charge in [0, 0.05) is 31.1 Å². The number of nitrogens with one attached hydrogen (secondary N) is 1. The van der Waals surface area contributed by atoms with Gasteiger partial charge in [-0.15, -0.1) is 0 Å². The smallest absolute Gasteiger partial charge is 0.381 e. The second-order valence-electron chi connectivity index (χ2n) is 7.43. The Morgan fingerprint density at radius 3 is 2.78 bits per heavy atom. The number of alkyl halides is 3. The molecule has 1 fully saturated rings. The highest BCUT2D eigenvalue weighted by Gasteiger charge is 2.35.